The third-order valence-corrected chi connectivity index (χ3v) is 5.47. The van der Waals surface area contributed by atoms with Crippen LogP contribution in [-0.2, 0) is 22.7 Å². The number of nitrogens with one attached hydrogen (secondary N) is 1. The number of esters is 1. The molecule has 180 valence electrons. The van der Waals surface area contributed by atoms with E-state index in [9.17, 15) is 18.8 Å². The van der Waals surface area contributed by atoms with Crippen LogP contribution in [0.5, 0.6) is 5.75 Å². The number of ether oxygens (including phenoxy) is 3. The summed E-state index contributed by atoms with van der Waals surface area (Å²) < 4.78 is 33.9. The standard InChI is InChI=1S/C24H19FN2O7S/c1-2-31-24(30)26-16-5-8-18-14(9-22(28)34-20(18)10-16)11-33-23(29)19-13-35-21(27-19)12-32-17-6-3-15(25)4-7-17/h3-10,13H,2,11-12H2,1H3,(H,26,30). The van der Waals surface area contributed by atoms with Crippen LogP contribution in [0, 0.1) is 5.82 Å². The molecule has 0 aliphatic heterocycles. The molecule has 4 rings (SSSR count). The highest BCUT2D eigenvalue weighted by molar-refractivity contribution is 7.09. The lowest BCUT2D eigenvalue weighted by molar-refractivity contribution is 0.0467. The summed E-state index contributed by atoms with van der Waals surface area (Å²) in [7, 11) is 0. The zero-order chi connectivity index (χ0) is 24.8. The molecule has 0 aliphatic rings. The lowest BCUT2D eigenvalue weighted by Crippen LogP contribution is -2.13. The maximum absolute atomic E-state index is 13.0. The van der Waals surface area contributed by atoms with Crippen LogP contribution in [0.15, 0.2) is 63.1 Å². The van der Waals surface area contributed by atoms with E-state index in [2.05, 4.69) is 10.3 Å². The van der Waals surface area contributed by atoms with E-state index >= 15 is 0 Å². The van der Waals surface area contributed by atoms with Gasteiger partial charge >= 0.3 is 17.7 Å². The lowest BCUT2D eigenvalue weighted by atomic mass is 10.1. The summed E-state index contributed by atoms with van der Waals surface area (Å²) in [5, 5.41) is 5.14. The summed E-state index contributed by atoms with van der Waals surface area (Å²) in [4.78, 5) is 40.3. The van der Waals surface area contributed by atoms with Crippen LogP contribution < -0.4 is 15.7 Å². The van der Waals surface area contributed by atoms with Crippen molar-refractivity contribution >= 4 is 40.1 Å². The van der Waals surface area contributed by atoms with E-state index in [1.807, 2.05) is 0 Å². The summed E-state index contributed by atoms with van der Waals surface area (Å²) in [6.07, 6.45) is -0.634. The minimum absolute atomic E-state index is 0.0981. The highest BCUT2D eigenvalue weighted by atomic mass is 32.1. The molecule has 0 radical (unpaired) electrons. The Morgan fingerprint density at radius 2 is 1.89 bits per heavy atom. The Morgan fingerprint density at radius 1 is 1.09 bits per heavy atom. The molecule has 11 heteroatoms. The zero-order valence-electron chi connectivity index (χ0n) is 18.4. The highest BCUT2D eigenvalue weighted by Crippen LogP contribution is 2.23. The van der Waals surface area contributed by atoms with E-state index in [1.54, 1.807) is 19.1 Å². The van der Waals surface area contributed by atoms with Crippen molar-refractivity contribution in [2.24, 2.45) is 0 Å². The van der Waals surface area contributed by atoms with Gasteiger partial charge in [-0.2, -0.15) is 0 Å². The highest BCUT2D eigenvalue weighted by Gasteiger charge is 2.15. The summed E-state index contributed by atoms with van der Waals surface area (Å²) in [6, 6.07) is 11.5. The van der Waals surface area contributed by atoms with E-state index in [4.69, 9.17) is 18.6 Å². The lowest BCUT2D eigenvalue weighted by Gasteiger charge is -2.09. The van der Waals surface area contributed by atoms with Crippen LogP contribution in [0.1, 0.15) is 28.0 Å². The van der Waals surface area contributed by atoms with E-state index in [0.717, 1.165) is 0 Å². The minimum Gasteiger partial charge on any atom is -0.486 e. The van der Waals surface area contributed by atoms with Crippen LogP contribution in [0.3, 0.4) is 0 Å². The largest absolute Gasteiger partial charge is 0.486 e. The second-order valence-electron chi connectivity index (χ2n) is 7.09. The molecule has 0 bridgehead atoms. The predicted molar refractivity (Wildman–Crippen MR) is 125 cm³/mol. The monoisotopic (exact) mass is 498 g/mol. The molecular formula is C24H19FN2O7S. The maximum atomic E-state index is 13.0. The Kier molecular flexibility index (Phi) is 7.36. The van der Waals surface area contributed by atoms with Gasteiger partial charge in [0.25, 0.3) is 0 Å². The van der Waals surface area contributed by atoms with Gasteiger partial charge in [-0.1, -0.05) is 0 Å². The Labute approximate surface area is 202 Å². The van der Waals surface area contributed by atoms with Crippen molar-refractivity contribution in [3.63, 3.8) is 0 Å². The van der Waals surface area contributed by atoms with Gasteiger partial charge in [0.15, 0.2) is 5.69 Å². The van der Waals surface area contributed by atoms with Gasteiger partial charge in [-0.05, 0) is 43.3 Å². The topological polar surface area (TPSA) is 117 Å². The molecule has 0 saturated carbocycles. The molecule has 1 N–H and O–H groups in total. The van der Waals surface area contributed by atoms with Crippen molar-refractivity contribution in [2.45, 2.75) is 20.1 Å². The van der Waals surface area contributed by atoms with Gasteiger partial charge in [-0.25, -0.2) is 23.8 Å². The maximum Gasteiger partial charge on any atom is 0.411 e. The summed E-state index contributed by atoms with van der Waals surface area (Å²) >= 11 is 1.22. The molecular weight excluding hydrogens is 479 g/mol. The molecule has 2 aromatic carbocycles. The number of carbonyl (C=O) groups is 2. The van der Waals surface area contributed by atoms with E-state index in [-0.39, 0.29) is 36.9 Å². The number of hydrogen-bond donors (Lipinski definition) is 1. The van der Waals surface area contributed by atoms with Gasteiger partial charge in [-0.15, -0.1) is 11.3 Å². The van der Waals surface area contributed by atoms with Crippen molar-refractivity contribution in [1.29, 1.82) is 0 Å². The third kappa shape index (κ3) is 6.21. The fourth-order valence-corrected chi connectivity index (χ4v) is 3.75. The van der Waals surface area contributed by atoms with Crippen LogP contribution >= 0.6 is 11.3 Å². The number of amides is 1. The smallest absolute Gasteiger partial charge is 0.411 e. The summed E-state index contributed by atoms with van der Waals surface area (Å²) in [5.41, 5.74) is 0.492. The number of rotatable bonds is 8. The van der Waals surface area contributed by atoms with E-state index in [0.29, 0.717) is 27.4 Å². The SMILES string of the molecule is CCOC(=O)Nc1ccc2c(COC(=O)c3csc(COc4ccc(F)cc4)n3)cc(=O)oc2c1. The van der Waals surface area contributed by atoms with Crippen LogP contribution in [0.25, 0.3) is 11.0 Å². The number of aromatic nitrogens is 1. The Balaban J connectivity index is 1.40. The first-order chi connectivity index (χ1) is 16.9. The first-order valence-corrected chi connectivity index (χ1v) is 11.3. The molecule has 0 aliphatic carbocycles. The van der Waals surface area contributed by atoms with Crippen molar-refractivity contribution in [3.05, 3.63) is 86.4 Å². The Morgan fingerprint density at radius 3 is 2.66 bits per heavy atom. The average molecular weight is 498 g/mol. The van der Waals surface area contributed by atoms with Gasteiger partial charge in [0.05, 0.1) is 6.61 Å². The van der Waals surface area contributed by atoms with Crippen LogP contribution in [0.2, 0.25) is 0 Å². The molecule has 0 atom stereocenters. The second-order valence-corrected chi connectivity index (χ2v) is 8.03. The number of halogens is 1. The van der Waals surface area contributed by atoms with Crippen molar-refractivity contribution in [2.75, 3.05) is 11.9 Å². The van der Waals surface area contributed by atoms with E-state index in [1.165, 1.54) is 53.1 Å². The fraction of sp³-hybridized carbons (Fsp3) is 0.167. The molecule has 35 heavy (non-hydrogen) atoms. The van der Waals surface area contributed by atoms with E-state index < -0.39 is 17.7 Å². The first kappa shape index (κ1) is 23.9. The van der Waals surface area contributed by atoms with Crippen molar-refractivity contribution < 1.29 is 32.6 Å². The quantitative estimate of drug-likeness (QED) is 0.270. The Bertz CT molecular complexity index is 1420. The molecule has 1 amide bonds. The van der Waals surface area contributed by atoms with Crippen molar-refractivity contribution in [1.82, 2.24) is 4.98 Å². The fourth-order valence-electron chi connectivity index (χ4n) is 3.08. The minimum atomic E-state index is -0.670. The van der Waals surface area contributed by atoms with Gasteiger partial charge in [0, 0.05) is 34.1 Å². The van der Waals surface area contributed by atoms with Crippen LogP contribution in [0.4, 0.5) is 14.9 Å². The molecule has 9 nitrogen and oxygen atoms in total. The second kappa shape index (κ2) is 10.8. The molecule has 0 saturated heterocycles. The molecule has 4 aromatic rings. The Hall–Kier alpha value is -4.25. The number of benzene rings is 2. The van der Waals surface area contributed by atoms with Crippen LogP contribution in [-0.4, -0.2) is 23.7 Å². The number of thiazole rings is 1. The normalized spacial score (nSPS) is 10.7. The molecule has 0 fully saturated rings. The number of nitrogens with zero attached hydrogens (tertiary/aromatic N) is 1. The number of anilines is 1. The molecule has 2 aromatic heterocycles. The van der Waals surface area contributed by atoms with Gasteiger partial charge < -0.3 is 18.6 Å². The molecule has 0 unspecified atom stereocenters. The number of carbonyl (C=O) groups excluding carboxylic acids is 2. The number of fused-ring (bicyclic) bond motifs is 1. The number of hydrogen-bond acceptors (Lipinski definition) is 9. The van der Waals surface area contributed by atoms with Gasteiger partial charge in [0.1, 0.15) is 35.4 Å². The summed E-state index contributed by atoms with van der Waals surface area (Å²) in [6.45, 7) is 1.81. The zero-order valence-corrected chi connectivity index (χ0v) is 19.2. The van der Waals surface area contributed by atoms with Gasteiger partial charge in [0.2, 0.25) is 0 Å². The predicted octanol–water partition coefficient (Wildman–Crippen LogP) is 4.89. The summed E-state index contributed by atoms with van der Waals surface area (Å²) in [5.74, 6) is -0.563. The van der Waals surface area contributed by atoms with Crippen molar-refractivity contribution in [3.8, 4) is 5.75 Å². The first-order valence-electron chi connectivity index (χ1n) is 10.4. The molecule has 2 heterocycles. The average Bonchev–Trinajstić information content (AvgIpc) is 3.31. The van der Waals surface area contributed by atoms with Gasteiger partial charge in [-0.3, -0.25) is 5.32 Å². The third-order valence-electron chi connectivity index (χ3n) is 4.65. The molecule has 0 spiro atoms.